The van der Waals surface area contributed by atoms with Crippen molar-refractivity contribution in [1.82, 2.24) is 0 Å². The highest BCUT2D eigenvalue weighted by Crippen LogP contribution is 2.34. The van der Waals surface area contributed by atoms with Crippen molar-refractivity contribution in [1.29, 1.82) is 0 Å². The maximum Gasteiger partial charge on any atom is 0.185 e. The number of hydrogen-bond acceptors (Lipinski definition) is 3. The molecular formula is C18H18O3S. The molecular weight excluding hydrogens is 296 g/mol. The fourth-order valence-corrected chi connectivity index (χ4v) is 3.57. The molecule has 0 N–H and O–H groups in total. The molecule has 0 bridgehead atoms. The van der Waals surface area contributed by atoms with Crippen molar-refractivity contribution in [3.63, 3.8) is 0 Å². The third-order valence-corrected chi connectivity index (χ3v) is 4.93. The van der Waals surface area contributed by atoms with Gasteiger partial charge in [0, 0.05) is 4.90 Å². The Kier molecular flexibility index (Phi) is 4.59. The fourth-order valence-electron chi connectivity index (χ4n) is 2.46. The van der Waals surface area contributed by atoms with Crippen LogP contribution in [-0.4, -0.2) is 11.3 Å². The van der Waals surface area contributed by atoms with Gasteiger partial charge in [0.05, 0.1) is 7.11 Å². The van der Waals surface area contributed by atoms with E-state index >= 15 is 0 Å². The minimum Gasteiger partial charge on any atom is -0.497 e. The molecule has 2 atom stereocenters. The highest BCUT2D eigenvalue weighted by Gasteiger charge is 2.23. The Bertz CT molecular complexity index is 694. The molecule has 3 rings (SSSR count). The topological polar surface area (TPSA) is 35.5 Å². The van der Waals surface area contributed by atoms with E-state index in [1.807, 2.05) is 60.7 Å². The Hall–Kier alpha value is -2.07. The van der Waals surface area contributed by atoms with Gasteiger partial charge in [-0.15, -0.1) is 0 Å². The Balaban J connectivity index is 1.79. The van der Waals surface area contributed by atoms with Crippen LogP contribution in [0.5, 0.6) is 5.75 Å². The van der Waals surface area contributed by atoms with E-state index in [-0.39, 0.29) is 6.10 Å². The first kappa shape index (κ1) is 14.9. The number of methoxy groups -OCH3 is 1. The van der Waals surface area contributed by atoms with Gasteiger partial charge >= 0.3 is 0 Å². The molecule has 1 heterocycles. The summed E-state index contributed by atoms with van der Waals surface area (Å²) in [6, 6.07) is 17.2. The SMILES string of the molecule is COc1cccc(C2CCC=C(S(=O)c3ccccc3)O2)c1. The summed E-state index contributed by atoms with van der Waals surface area (Å²) in [4.78, 5) is 0.764. The molecule has 1 aliphatic rings. The monoisotopic (exact) mass is 314 g/mol. The number of rotatable bonds is 4. The molecule has 0 fully saturated rings. The van der Waals surface area contributed by atoms with E-state index < -0.39 is 10.8 Å². The maximum atomic E-state index is 12.6. The normalized spacial score (nSPS) is 19.0. The summed E-state index contributed by atoms with van der Waals surface area (Å²) in [5.41, 5.74) is 1.05. The molecule has 2 aromatic carbocycles. The summed E-state index contributed by atoms with van der Waals surface area (Å²) >= 11 is 0. The van der Waals surface area contributed by atoms with Gasteiger partial charge in [-0.25, -0.2) is 4.21 Å². The van der Waals surface area contributed by atoms with Crippen LogP contribution < -0.4 is 4.74 Å². The molecule has 0 aliphatic carbocycles. The number of hydrogen-bond donors (Lipinski definition) is 0. The van der Waals surface area contributed by atoms with Crippen LogP contribution in [0.4, 0.5) is 0 Å². The van der Waals surface area contributed by atoms with Crippen molar-refractivity contribution in [3.8, 4) is 5.75 Å². The van der Waals surface area contributed by atoms with Crippen LogP contribution in [0.3, 0.4) is 0 Å². The van der Waals surface area contributed by atoms with E-state index in [1.54, 1.807) is 7.11 Å². The van der Waals surface area contributed by atoms with Gasteiger partial charge in [-0.1, -0.05) is 30.3 Å². The zero-order valence-electron chi connectivity index (χ0n) is 12.4. The Morgan fingerprint density at radius 2 is 1.95 bits per heavy atom. The number of allylic oxidation sites excluding steroid dienone is 1. The minimum atomic E-state index is -1.26. The average molecular weight is 314 g/mol. The lowest BCUT2D eigenvalue weighted by Gasteiger charge is -2.24. The molecule has 0 radical (unpaired) electrons. The zero-order valence-corrected chi connectivity index (χ0v) is 13.2. The van der Waals surface area contributed by atoms with E-state index in [2.05, 4.69) is 0 Å². The highest BCUT2D eigenvalue weighted by atomic mass is 32.2. The quantitative estimate of drug-likeness (QED) is 0.848. The van der Waals surface area contributed by atoms with E-state index in [9.17, 15) is 4.21 Å². The average Bonchev–Trinajstić information content (AvgIpc) is 2.62. The van der Waals surface area contributed by atoms with Gasteiger partial charge in [0.1, 0.15) is 22.7 Å². The summed E-state index contributed by atoms with van der Waals surface area (Å²) < 4.78 is 23.8. The predicted octanol–water partition coefficient (Wildman–Crippen LogP) is 4.20. The maximum absolute atomic E-state index is 12.6. The molecule has 0 spiro atoms. The van der Waals surface area contributed by atoms with Crippen LogP contribution in [0.1, 0.15) is 24.5 Å². The zero-order chi connectivity index (χ0) is 15.4. The van der Waals surface area contributed by atoms with Crippen molar-refractivity contribution >= 4 is 10.8 Å². The van der Waals surface area contributed by atoms with Gasteiger partial charge in [0.25, 0.3) is 0 Å². The van der Waals surface area contributed by atoms with E-state index in [0.717, 1.165) is 29.1 Å². The molecule has 3 nitrogen and oxygen atoms in total. The minimum absolute atomic E-state index is 0.0808. The van der Waals surface area contributed by atoms with Crippen LogP contribution in [0.25, 0.3) is 0 Å². The third kappa shape index (κ3) is 3.22. The summed E-state index contributed by atoms with van der Waals surface area (Å²) in [6.07, 6.45) is 3.58. The van der Waals surface area contributed by atoms with Crippen molar-refractivity contribution in [2.75, 3.05) is 7.11 Å². The largest absolute Gasteiger partial charge is 0.497 e. The van der Waals surface area contributed by atoms with Crippen LogP contribution in [0, 0.1) is 0 Å². The molecule has 0 saturated carbocycles. The first-order valence-electron chi connectivity index (χ1n) is 7.25. The Morgan fingerprint density at radius 1 is 1.14 bits per heavy atom. The van der Waals surface area contributed by atoms with Gasteiger partial charge in [-0.05, 0) is 48.7 Å². The van der Waals surface area contributed by atoms with Gasteiger partial charge in [-0.2, -0.15) is 0 Å². The lowest BCUT2D eigenvalue weighted by molar-refractivity contribution is 0.115. The van der Waals surface area contributed by atoms with Crippen LogP contribution >= 0.6 is 0 Å². The fraction of sp³-hybridized carbons (Fsp3) is 0.222. The molecule has 2 unspecified atom stereocenters. The van der Waals surface area contributed by atoms with Crippen LogP contribution in [0.2, 0.25) is 0 Å². The molecule has 1 aliphatic heterocycles. The second-order valence-electron chi connectivity index (χ2n) is 5.07. The molecule has 2 aromatic rings. The van der Waals surface area contributed by atoms with Crippen LogP contribution in [-0.2, 0) is 15.5 Å². The summed E-state index contributed by atoms with van der Waals surface area (Å²) in [5.74, 6) is 0.807. The van der Waals surface area contributed by atoms with Crippen molar-refractivity contribution in [2.45, 2.75) is 23.8 Å². The third-order valence-electron chi connectivity index (χ3n) is 3.60. The highest BCUT2D eigenvalue weighted by molar-refractivity contribution is 7.88. The van der Waals surface area contributed by atoms with Gasteiger partial charge in [0.2, 0.25) is 0 Å². The standard InChI is InChI=1S/C18H18O3S/c1-20-15-8-5-7-14(13-15)17-11-6-12-18(21-17)22(19)16-9-3-2-4-10-16/h2-5,7-10,12-13,17H,6,11H2,1H3. The molecule has 0 saturated heterocycles. The van der Waals surface area contributed by atoms with Crippen LogP contribution in [0.15, 0.2) is 70.7 Å². The second-order valence-corrected chi connectivity index (χ2v) is 6.48. The van der Waals surface area contributed by atoms with Gasteiger partial charge < -0.3 is 9.47 Å². The number of benzene rings is 2. The molecule has 0 aromatic heterocycles. The van der Waals surface area contributed by atoms with Gasteiger partial charge in [-0.3, -0.25) is 0 Å². The Morgan fingerprint density at radius 3 is 2.73 bits per heavy atom. The lowest BCUT2D eigenvalue weighted by atomic mass is 10.0. The summed E-state index contributed by atoms with van der Waals surface area (Å²) in [5, 5.41) is 0.547. The number of ether oxygens (including phenoxy) is 2. The van der Waals surface area contributed by atoms with Crippen molar-refractivity contribution in [2.24, 2.45) is 0 Å². The van der Waals surface area contributed by atoms with Gasteiger partial charge in [0.15, 0.2) is 5.09 Å². The second kappa shape index (κ2) is 6.79. The molecule has 4 heteroatoms. The first-order chi connectivity index (χ1) is 10.8. The lowest BCUT2D eigenvalue weighted by Crippen LogP contribution is -2.12. The smallest absolute Gasteiger partial charge is 0.185 e. The van der Waals surface area contributed by atoms with Crippen molar-refractivity contribution in [3.05, 3.63) is 71.3 Å². The summed E-state index contributed by atoms with van der Waals surface area (Å²) in [7, 11) is 0.386. The van der Waals surface area contributed by atoms with E-state index in [1.165, 1.54) is 0 Å². The molecule has 114 valence electrons. The first-order valence-corrected chi connectivity index (χ1v) is 8.40. The predicted molar refractivity (Wildman–Crippen MR) is 87.0 cm³/mol. The summed E-state index contributed by atoms with van der Waals surface area (Å²) in [6.45, 7) is 0. The molecule has 0 amide bonds. The van der Waals surface area contributed by atoms with E-state index in [4.69, 9.17) is 9.47 Å². The Labute approximate surface area is 133 Å². The molecule has 22 heavy (non-hydrogen) atoms. The van der Waals surface area contributed by atoms with Crippen molar-refractivity contribution < 1.29 is 13.7 Å². The van der Waals surface area contributed by atoms with E-state index in [0.29, 0.717) is 5.09 Å².